The molecule has 0 aromatic carbocycles. The van der Waals surface area contributed by atoms with Crippen molar-refractivity contribution in [3.05, 3.63) is 0 Å². The Labute approximate surface area is 97.7 Å². The summed E-state index contributed by atoms with van der Waals surface area (Å²) in [6.45, 7) is 7.64. The van der Waals surface area contributed by atoms with Gasteiger partial charge in [0.05, 0.1) is 12.2 Å². The van der Waals surface area contributed by atoms with E-state index >= 15 is 0 Å². The molecule has 1 fully saturated rings. The minimum Gasteiger partial charge on any atom is -0.378 e. The van der Waals surface area contributed by atoms with Crippen LogP contribution in [0.15, 0.2) is 0 Å². The molecule has 1 N–H and O–H groups in total. The molecule has 0 spiro atoms. The molecule has 16 heavy (non-hydrogen) atoms. The van der Waals surface area contributed by atoms with Crippen molar-refractivity contribution in [2.45, 2.75) is 45.8 Å². The second kappa shape index (κ2) is 6.86. The average molecular weight is 229 g/mol. The zero-order valence-corrected chi connectivity index (χ0v) is 10.5. The van der Waals surface area contributed by atoms with Gasteiger partial charge in [-0.2, -0.15) is 0 Å². The second-order valence-corrected chi connectivity index (χ2v) is 4.53. The molecule has 0 aromatic heterocycles. The molecule has 1 amide bonds. The summed E-state index contributed by atoms with van der Waals surface area (Å²) in [5.41, 5.74) is 0. The fourth-order valence-electron chi connectivity index (χ4n) is 1.92. The second-order valence-electron chi connectivity index (χ2n) is 4.53. The highest BCUT2D eigenvalue weighted by Crippen LogP contribution is 2.22. The van der Waals surface area contributed by atoms with Crippen LogP contribution in [-0.4, -0.2) is 37.9 Å². The van der Waals surface area contributed by atoms with Crippen LogP contribution in [0.3, 0.4) is 0 Å². The van der Waals surface area contributed by atoms with Crippen LogP contribution < -0.4 is 5.32 Å². The van der Waals surface area contributed by atoms with E-state index in [1.54, 1.807) is 0 Å². The van der Waals surface area contributed by atoms with Gasteiger partial charge < -0.3 is 14.8 Å². The molecule has 2 unspecified atom stereocenters. The first-order valence-electron chi connectivity index (χ1n) is 6.13. The predicted molar refractivity (Wildman–Crippen MR) is 62.2 cm³/mol. The van der Waals surface area contributed by atoms with Gasteiger partial charge in [0.25, 0.3) is 0 Å². The Bertz CT molecular complexity index is 218. The number of hydrogen-bond acceptors (Lipinski definition) is 3. The molecule has 1 aliphatic heterocycles. The summed E-state index contributed by atoms with van der Waals surface area (Å²) in [4.78, 5) is 11.4. The summed E-state index contributed by atoms with van der Waals surface area (Å²) in [7, 11) is 0. The van der Waals surface area contributed by atoms with E-state index in [-0.39, 0.29) is 18.6 Å². The summed E-state index contributed by atoms with van der Waals surface area (Å²) in [5.74, 6) is 0.434. The van der Waals surface area contributed by atoms with Crippen molar-refractivity contribution in [3.63, 3.8) is 0 Å². The third kappa shape index (κ3) is 4.49. The number of carbonyl (C=O) groups excluding carboxylic acids is 1. The lowest BCUT2D eigenvalue weighted by Crippen LogP contribution is -2.35. The Kier molecular flexibility index (Phi) is 5.77. The van der Waals surface area contributed by atoms with Crippen LogP contribution in [0.5, 0.6) is 0 Å². The number of amides is 1. The van der Waals surface area contributed by atoms with Gasteiger partial charge in [-0.15, -0.1) is 0 Å². The molecule has 0 saturated carbocycles. The van der Waals surface area contributed by atoms with Gasteiger partial charge >= 0.3 is 0 Å². The van der Waals surface area contributed by atoms with Crippen LogP contribution in [0, 0.1) is 5.92 Å². The lowest BCUT2D eigenvalue weighted by atomic mass is 10.00. The molecule has 4 nitrogen and oxygen atoms in total. The summed E-state index contributed by atoms with van der Waals surface area (Å²) in [6, 6.07) is 0. The van der Waals surface area contributed by atoms with E-state index in [4.69, 9.17) is 9.47 Å². The molecule has 4 heteroatoms. The number of nitrogens with one attached hydrogen (secondary N) is 1. The maximum absolute atomic E-state index is 11.4. The molecule has 1 heterocycles. The molecule has 1 aliphatic rings. The van der Waals surface area contributed by atoms with Gasteiger partial charge in [0.1, 0.15) is 6.61 Å². The summed E-state index contributed by atoms with van der Waals surface area (Å²) in [6.07, 6.45) is 2.47. The van der Waals surface area contributed by atoms with Crippen LogP contribution in [-0.2, 0) is 14.3 Å². The van der Waals surface area contributed by atoms with Gasteiger partial charge in [-0.3, -0.25) is 4.79 Å². The van der Waals surface area contributed by atoms with Gasteiger partial charge in [-0.25, -0.2) is 0 Å². The molecule has 0 aliphatic carbocycles. The molecule has 0 radical (unpaired) electrons. The monoisotopic (exact) mass is 229 g/mol. The van der Waals surface area contributed by atoms with Gasteiger partial charge in [-0.1, -0.05) is 6.92 Å². The topological polar surface area (TPSA) is 47.6 Å². The fourth-order valence-corrected chi connectivity index (χ4v) is 1.92. The first-order chi connectivity index (χ1) is 7.63. The number of rotatable bonds is 6. The summed E-state index contributed by atoms with van der Waals surface area (Å²) >= 11 is 0. The van der Waals surface area contributed by atoms with E-state index in [2.05, 4.69) is 12.2 Å². The zero-order chi connectivity index (χ0) is 12.0. The molecule has 1 saturated heterocycles. The van der Waals surface area contributed by atoms with Crippen LogP contribution in [0.2, 0.25) is 0 Å². The highest BCUT2D eigenvalue weighted by atomic mass is 16.5. The number of hydrogen-bond donors (Lipinski definition) is 1. The largest absolute Gasteiger partial charge is 0.378 e. The summed E-state index contributed by atoms with van der Waals surface area (Å²) < 4.78 is 10.8. The van der Waals surface area contributed by atoms with Crippen molar-refractivity contribution in [1.82, 2.24) is 5.32 Å². The highest BCUT2D eigenvalue weighted by Gasteiger charge is 2.26. The highest BCUT2D eigenvalue weighted by molar-refractivity contribution is 5.77. The fraction of sp³-hybridized carbons (Fsp3) is 0.917. The van der Waals surface area contributed by atoms with Crippen molar-refractivity contribution < 1.29 is 14.3 Å². The van der Waals surface area contributed by atoms with Gasteiger partial charge in [-0.05, 0) is 26.7 Å². The first-order valence-corrected chi connectivity index (χ1v) is 6.13. The zero-order valence-electron chi connectivity index (χ0n) is 10.5. The minimum absolute atomic E-state index is 0.0320. The third-order valence-electron chi connectivity index (χ3n) is 2.86. The van der Waals surface area contributed by atoms with Crippen molar-refractivity contribution in [3.8, 4) is 0 Å². The molecule has 0 bridgehead atoms. The van der Waals surface area contributed by atoms with Gasteiger partial charge in [0, 0.05) is 19.1 Å². The van der Waals surface area contributed by atoms with E-state index in [1.165, 1.54) is 0 Å². The first kappa shape index (κ1) is 13.5. The minimum atomic E-state index is -0.0320. The SMILES string of the molecule is CCC1OCCC1CNC(=O)COC(C)C. The Balaban J connectivity index is 2.16. The van der Waals surface area contributed by atoms with Crippen molar-refractivity contribution in [1.29, 1.82) is 0 Å². The van der Waals surface area contributed by atoms with E-state index in [0.717, 1.165) is 19.4 Å². The molecule has 1 rings (SSSR count). The number of ether oxygens (including phenoxy) is 2. The van der Waals surface area contributed by atoms with Crippen molar-refractivity contribution in [2.75, 3.05) is 19.8 Å². The van der Waals surface area contributed by atoms with E-state index in [9.17, 15) is 4.79 Å². The van der Waals surface area contributed by atoms with Crippen LogP contribution in [0.1, 0.15) is 33.6 Å². The van der Waals surface area contributed by atoms with Crippen LogP contribution >= 0.6 is 0 Å². The Hall–Kier alpha value is -0.610. The lowest BCUT2D eigenvalue weighted by molar-refractivity contribution is -0.127. The van der Waals surface area contributed by atoms with Gasteiger partial charge in [0.2, 0.25) is 5.91 Å². The van der Waals surface area contributed by atoms with E-state index in [1.807, 2.05) is 13.8 Å². The predicted octanol–water partition coefficient (Wildman–Crippen LogP) is 1.34. The molecule has 2 atom stereocenters. The molecule has 94 valence electrons. The maximum Gasteiger partial charge on any atom is 0.246 e. The van der Waals surface area contributed by atoms with Crippen LogP contribution in [0.4, 0.5) is 0 Å². The van der Waals surface area contributed by atoms with Crippen LogP contribution in [0.25, 0.3) is 0 Å². The van der Waals surface area contributed by atoms with E-state index in [0.29, 0.717) is 18.6 Å². The average Bonchev–Trinajstić information content (AvgIpc) is 2.70. The quantitative estimate of drug-likeness (QED) is 0.747. The van der Waals surface area contributed by atoms with Crippen molar-refractivity contribution >= 4 is 5.91 Å². The molecular formula is C12H23NO3. The maximum atomic E-state index is 11.4. The Morgan fingerprint density at radius 1 is 1.56 bits per heavy atom. The normalized spacial score (nSPS) is 25.0. The standard InChI is InChI=1S/C12H23NO3/c1-4-11-10(5-6-15-11)7-13-12(14)8-16-9(2)3/h9-11H,4-8H2,1-3H3,(H,13,14). The lowest BCUT2D eigenvalue weighted by Gasteiger charge is -2.17. The van der Waals surface area contributed by atoms with Gasteiger partial charge in [0.15, 0.2) is 0 Å². The third-order valence-corrected chi connectivity index (χ3v) is 2.86. The molecule has 0 aromatic rings. The Morgan fingerprint density at radius 3 is 2.94 bits per heavy atom. The van der Waals surface area contributed by atoms with E-state index < -0.39 is 0 Å². The summed E-state index contributed by atoms with van der Waals surface area (Å²) in [5, 5.41) is 2.90. The van der Waals surface area contributed by atoms with Crippen molar-refractivity contribution in [2.24, 2.45) is 5.92 Å². The molecular weight excluding hydrogens is 206 g/mol. The smallest absolute Gasteiger partial charge is 0.246 e. The number of carbonyl (C=O) groups is 1. The Morgan fingerprint density at radius 2 is 2.31 bits per heavy atom.